The van der Waals surface area contributed by atoms with Crippen molar-refractivity contribution in [3.8, 4) is 5.75 Å². The lowest BCUT2D eigenvalue weighted by Gasteiger charge is -2.34. The van der Waals surface area contributed by atoms with Crippen LogP contribution in [-0.4, -0.2) is 29.9 Å². The fourth-order valence-electron chi connectivity index (χ4n) is 3.42. The summed E-state index contributed by atoms with van der Waals surface area (Å²) in [7, 11) is 0. The molecule has 0 unspecified atom stereocenters. The largest absolute Gasteiger partial charge is 0.490 e. The predicted molar refractivity (Wildman–Crippen MR) is 98.3 cm³/mol. The molecular formula is C20H35NO2. The van der Waals surface area contributed by atoms with E-state index in [1.54, 1.807) is 0 Å². The zero-order valence-corrected chi connectivity index (χ0v) is 16.2. The summed E-state index contributed by atoms with van der Waals surface area (Å²) in [4.78, 5) is 0. The minimum Gasteiger partial charge on any atom is -0.490 e. The number of hydrogen-bond donors (Lipinski definition) is 2. The average Bonchev–Trinajstić information content (AvgIpc) is 2.32. The van der Waals surface area contributed by atoms with Crippen molar-refractivity contribution in [1.29, 1.82) is 0 Å². The Balaban J connectivity index is 2.51. The number of aryl methyl sites for hydroxylation is 3. The SMILES string of the molecule is Cc1cc(C)c(OC[C@@H](O)CNC(C)(C)CC(C)(C)C)c(C)c1. The molecular weight excluding hydrogens is 286 g/mol. The van der Waals surface area contributed by atoms with E-state index in [9.17, 15) is 5.11 Å². The molecule has 0 saturated heterocycles. The first-order valence-electron chi connectivity index (χ1n) is 8.53. The third-order valence-electron chi connectivity index (χ3n) is 3.81. The summed E-state index contributed by atoms with van der Waals surface area (Å²) in [5.41, 5.74) is 3.73. The smallest absolute Gasteiger partial charge is 0.125 e. The van der Waals surface area contributed by atoms with E-state index < -0.39 is 6.10 Å². The molecule has 1 aromatic carbocycles. The van der Waals surface area contributed by atoms with E-state index in [-0.39, 0.29) is 11.0 Å². The molecule has 0 heterocycles. The van der Waals surface area contributed by atoms with Gasteiger partial charge in [0.05, 0.1) is 0 Å². The third-order valence-corrected chi connectivity index (χ3v) is 3.81. The van der Waals surface area contributed by atoms with Crippen LogP contribution in [0.1, 0.15) is 57.7 Å². The van der Waals surface area contributed by atoms with Gasteiger partial charge in [0, 0.05) is 12.1 Å². The number of benzene rings is 1. The van der Waals surface area contributed by atoms with E-state index in [0.29, 0.717) is 13.2 Å². The molecule has 1 rings (SSSR count). The molecule has 1 atom stereocenters. The highest BCUT2D eigenvalue weighted by atomic mass is 16.5. The van der Waals surface area contributed by atoms with E-state index in [1.165, 1.54) is 5.56 Å². The minimum atomic E-state index is -0.519. The number of rotatable bonds is 7. The first kappa shape index (κ1) is 20.0. The summed E-state index contributed by atoms with van der Waals surface area (Å²) < 4.78 is 5.86. The standard InChI is InChI=1S/C20H35NO2/c1-14-9-15(2)18(16(3)10-14)23-12-17(22)11-21-20(7,8)13-19(4,5)6/h9-10,17,21-22H,11-13H2,1-8H3/t17-/m0/s1. The van der Waals surface area contributed by atoms with Crippen LogP contribution in [0, 0.1) is 26.2 Å². The van der Waals surface area contributed by atoms with Gasteiger partial charge < -0.3 is 15.2 Å². The van der Waals surface area contributed by atoms with Crippen molar-refractivity contribution < 1.29 is 9.84 Å². The lowest BCUT2D eigenvalue weighted by Crippen LogP contribution is -2.46. The van der Waals surface area contributed by atoms with Gasteiger partial charge in [0.2, 0.25) is 0 Å². The van der Waals surface area contributed by atoms with Crippen LogP contribution in [0.25, 0.3) is 0 Å². The zero-order valence-electron chi connectivity index (χ0n) is 16.2. The average molecular weight is 322 g/mol. The van der Waals surface area contributed by atoms with Crippen LogP contribution < -0.4 is 10.1 Å². The molecule has 3 nitrogen and oxygen atoms in total. The number of aliphatic hydroxyl groups is 1. The van der Waals surface area contributed by atoms with Gasteiger partial charge in [-0.05, 0) is 57.6 Å². The number of nitrogens with one attached hydrogen (secondary N) is 1. The molecule has 0 fully saturated rings. The number of hydrogen-bond acceptors (Lipinski definition) is 3. The first-order valence-corrected chi connectivity index (χ1v) is 8.53. The van der Waals surface area contributed by atoms with E-state index in [1.807, 2.05) is 13.8 Å². The van der Waals surface area contributed by atoms with Gasteiger partial charge >= 0.3 is 0 Å². The molecule has 23 heavy (non-hydrogen) atoms. The van der Waals surface area contributed by atoms with Crippen molar-refractivity contribution in [2.24, 2.45) is 5.41 Å². The summed E-state index contributed by atoms with van der Waals surface area (Å²) in [5, 5.41) is 13.7. The van der Waals surface area contributed by atoms with Crippen LogP contribution in [0.15, 0.2) is 12.1 Å². The first-order chi connectivity index (χ1) is 10.4. The fourth-order valence-corrected chi connectivity index (χ4v) is 3.42. The second-order valence-corrected chi connectivity index (χ2v) is 8.69. The molecule has 0 amide bonds. The highest BCUT2D eigenvalue weighted by molar-refractivity contribution is 5.42. The van der Waals surface area contributed by atoms with E-state index in [4.69, 9.17) is 4.74 Å². The predicted octanol–water partition coefficient (Wildman–Crippen LogP) is 4.16. The minimum absolute atomic E-state index is 0.00504. The van der Waals surface area contributed by atoms with Crippen LogP contribution in [0.4, 0.5) is 0 Å². The third kappa shape index (κ3) is 7.36. The summed E-state index contributed by atoms with van der Waals surface area (Å²) in [6, 6.07) is 4.22. The molecule has 0 aliphatic rings. The van der Waals surface area contributed by atoms with E-state index in [2.05, 4.69) is 59.0 Å². The van der Waals surface area contributed by atoms with Crippen LogP contribution >= 0.6 is 0 Å². The number of ether oxygens (including phenoxy) is 1. The van der Waals surface area contributed by atoms with Gasteiger partial charge in [-0.15, -0.1) is 0 Å². The van der Waals surface area contributed by atoms with Gasteiger partial charge in [0.15, 0.2) is 0 Å². The van der Waals surface area contributed by atoms with Gasteiger partial charge in [-0.25, -0.2) is 0 Å². The molecule has 0 aromatic heterocycles. The lowest BCUT2D eigenvalue weighted by atomic mass is 9.82. The summed E-state index contributed by atoms with van der Waals surface area (Å²) >= 11 is 0. The molecule has 0 spiro atoms. The Morgan fingerprint density at radius 1 is 1.04 bits per heavy atom. The summed E-state index contributed by atoms with van der Waals surface area (Å²) in [6.07, 6.45) is 0.526. The van der Waals surface area contributed by atoms with Crippen LogP contribution in [-0.2, 0) is 0 Å². The maximum absolute atomic E-state index is 10.2. The van der Waals surface area contributed by atoms with E-state index in [0.717, 1.165) is 23.3 Å². The van der Waals surface area contributed by atoms with Crippen molar-refractivity contribution >= 4 is 0 Å². The number of β-amino-alcohol motifs (C(OH)–C–C–N with tert-alkyl or cyclic N) is 1. The van der Waals surface area contributed by atoms with Gasteiger partial charge in [-0.3, -0.25) is 0 Å². The maximum atomic E-state index is 10.2. The Kier molecular flexibility index (Phi) is 6.67. The molecule has 0 aliphatic carbocycles. The van der Waals surface area contributed by atoms with E-state index >= 15 is 0 Å². The second-order valence-electron chi connectivity index (χ2n) is 8.69. The van der Waals surface area contributed by atoms with Crippen LogP contribution in [0.5, 0.6) is 5.75 Å². The van der Waals surface area contributed by atoms with Gasteiger partial charge in [-0.2, -0.15) is 0 Å². The van der Waals surface area contributed by atoms with Gasteiger partial charge in [0.25, 0.3) is 0 Å². The van der Waals surface area contributed by atoms with Gasteiger partial charge in [-0.1, -0.05) is 38.5 Å². The van der Waals surface area contributed by atoms with Crippen LogP contribution in [0.3, 0.4) is 0 Å². The molecule has 3 heteroatoms. The Morgan fingerprint density at radius 2 is 1.57 bits per heavy atom. The van der Waals surface area contributed by atoms with Crippen molar-refractivity contribution in [2.45, 2.75) is 73.5 Å². The molecule has 2 N–H and O–H groups in total. The Morgan fingerprint density at radius 3 is 2.04 bits per heavy atom. The maximum Gasteiger partial charge on any atom is 0.125 e. The number of aliphatic hydroxyl groups excluding tert-OH is 1. The van der Waals surface area contributed by atoms with Crippen molar-refractivity contribution in [2.75, 3.05) is 13.2 Å². The monoisotopic (exact) mass is 321 g/mol. The summed E-state index contributed by atoms with van der Waals surface area (Å²) in [5.74, 6) is 0.892. The topological polar surface area (TPSA) is 41.5 Å². The Labute approximate surface area is 142 Å². The second kappa shape index (κ2) is 7.67. The Hall–Kier alpha value is -1.06. The highest BCUT2D eigenvalue weighted by Gasteiger charge is 2.25. The van der Waals surface area contributed by atoms with Crippen molar-refractivity contribution in [1.82, 2.24) is 5.32 Å². The lowest BCUT2D eigenvalue weighted by molar-refractivity contribution is 0.0938. The normalized spacial score (nSPS) is 14.0. The van der Waals surface area contributed by atoms with Gasteiger partial charge in [0.1, 0.15) is 18.5 Å². The molecule has 0 aliphatic heterocycles. The van der Waals surface area contributed by atoms with Crippen molar-refractivity contribution in [3.05, 3.63) is 28.8 Å². The Bertz CT molecular complexity index is 492. The molecule has 0 saturated carbocycles. The molecule has 132 valence electrons. The summed E-state index contributed by atoms with van der Waals surface area (Å²) in [6.45, 7) is 18.1. The molecule has 0 radical (unpaired) electrons. The molecule has 1 aromatic rings. The fraction of sp³-hybridized carbons (Fsp3) is 0.700. The highest BCUT2D eigenvalue weighted by Crippen LogP contribution is 2.27. The zero-order chi connectivity index (χ0) is 17.8. The quantitative estimate of drug-likeness (QED) is 0.792. The van der Waals surface area contributed by atoms with Crippen molar-refractivity contribution in [3.63, 3.8) is 0 Å². The molecule has 0 bridgehead atoms. The van der Waals surface area contributed by atoms with Crippen LogP contribution in [0.2, 0.25) is 0 Å².